The first-order valence-corrected chi connectivity index (χ1v) is 7.84. The molecule has 25 heavy (non-hydrogen) atoms. The van der Waals surface area contributed by atoms with Gasteiger partial charge in [-0.1, -0.05) is 0 Å². The summed E-state index contributed by atoms with van der Waals surface area (Å²) in [7, 11) is 3.16. The van der Waals surface area contributed by atoms with Gasteiger partial charge in [-0.25, -0.2) is 4.79 Å². The van der Waals surface area contributed by atoms with Crippen molar-refractivity contribution in [2.24, 2.45) is 0 Å². The van der Waals surface area contributed by atoms with Gasteiger partial charge in [0.25, 0.3) is 5.56 Å². The number of nitrogens with one attached hydrogen (secondary N) is 2. The van der Waals surface area contributed by atoms with Crippen molar-refractivity contribution in [3.05, 3.63) is 55.9 Å². The van der Waals surface area contributed by atoms with Crippen LogP contribution in [0.2, 0.25) is 0 Å². The number of aromatic nitrogens is 2. The number of benzene rings is 1. The third-order valence-corrected chi connectivity index (χ3v) is 4.23. The quantitative estimate of drug-likeness (QED) is 0.824. The minimum Gasteiger partial charge on any atom is -0.493 e. The van der Waals surface area contributed by atoms with Gasteiger partial charge >= 0.3 is 5.69 Å². The molecule has 1 aliphatic heterocycles. The number of methoxy groups -OCH3 is 2. The molecule has 2 aromatic rings. The van der Waals surface area contributed by atoms with E-state index in [-0.39, 0.29) is 12.3 Å². The second kappa shape index (κ2) is 6.84. The normalized spacial score (nSPS) is 13.3. The zero-order valence-corrected chi connectivity index (χ0v) is 14.0. The Balaban J connectivity index is 1.78. The zero-order valence-electron chi connectivity index (χ0n) is 14.0. The van der Waals surface area contributed by atoms with E-state index in [2.05, 4.69) is 9.97 Å². The molecule has 1 aromatic carbocycles. The van der Waals surface area contributed by atoms with Crippen molar-refractivity contribution < 1.29 is 14.3 Å². The van der Waals surface area contributed by atoms with Crippen molar-refractivity contribution in [3.8, 4) is 11.5 Å². The maximum atomic E-state index is 12.5. The summed E-state index contributed by atoms with van der Waals surface area (Å²) in [6.45, 7) is 1.01. The van der Waals surface area contributed by atoms with Crippen LogP contribution >= 0.6 is 0 Å². The number of hydrogen-bond acceptors (Lipinski definition) is 5. The number of rotatable bonds is 4. The van der Waals surface area contributed by atoms with Gasteiger partial charge in [-0.05, 0) is 29.7 Å². The van der Waals surface area contributed by atoms with Gasteiger partial charge in [0.15, 0.2) is 11.5 Å². The number of amides is 1. The molecule has 132 valence electrons. The van der Waals surface area contributed by atoms with Gasteiger partial charge in [-0.2, -0.15) is 0 Å². The Morgan fingerprint density at radius 1 is 1.08 bits per heavy atom. The highest BCUT2D eigenvalue weighted by Gasteiger charge is 2.23. The van der Waals surface area contributed by atoms with E-state index in [1.54, 1.807) is 19.1 Å². The predicted octanol–water partition coefficient (Wildman–Crippen LogP) is 0.208. The molecule has 0 radical (unpaired) electrons. The van der Waals surface area contributed by atoms with Crippen LogP contribution in [0.1, 0.15) is 16.8 Å². The van der Waals surface area contributed by atoms with Crippen LogP contribution in [0.5, 0.6) is 11.5 Å². The highest BCUT2D eigenvalue weighted by Crippen LogP contribution is 2.33. The molecule has 8 nitrogen and oxygen atoms in total. The van der Waals surface area contributed by atoms with Gasteiger partial charge < -0.3 is 19.4 Å². The van der Waals surface area contributed by atoms with Crippen LogP contribution in [0.25, 0.3) is 0 Å². The molecule has 1 aliphatic rings. The van der Waals surface area contributed by atoms with E-state index >= 15 is 0 Å². The Morgan fingerprint density at radius 2 is 1.76 bits per heavy atom. The van der Waals surface area contributed by atoms with Crippen LogP contribution in [0, 0.1) is 0 Å². The fourth-order valence-electron chi connectivity index (χ4n) is 2.99. The summed E-state index contributed by atoms with van der Waals surface area (Å²) in [6, 6.07) is 5.04. The summed E-state index contributed by atoms with van der Waals surface area (Å²) < 4.78 is 10.6. The van der Waals surface area contributed by atoms with Gasteiger partial charge in [0.05, 0.1) is 20.6 Å². The monoisotopic (exact) mass is 345 g/mol. The average Bonchev–Trinajstić information content (AvgIpc) is 2.58. The van der Waals surface area contributed by atoms with Crippen LogP contribution in [0.3, 0.4) is 0 Å². The second-order valence-electron chi connectivity index (χ2n) is 5.83. The lowest BCUT2D eigenvalue weighted by Crippen LogP contribution is -2.37. The van der Waals surface area contributed by atoms with Crippen molar-refractivity contribution in [2.45, 2.75) is 19.4 Å². The number of aromatic amines is 2. The van der Waals surface area contributed by atoms with Crippen molar-refractivity contribution in [1.29, 1.82) is 0 Å². The number of H-pyrrole nitrogens is 2. The second-order valence-corrected chi connectivity index (χ2v) is 5.83. The summed E-state index contributed by atoms with van der Waals surface area (Å²) in [5.74, 6) is 1.14. The van der Waals surface area contributed by atoms with E-state index < -0.39 is 11.2 Å². The molecule has 0 spiro atoms. The highest BCUT2D eigenvalue weighted by atomic mass is 16.5. The molecule has 1 amide bonds. The Kier molecular flexibility index (Phi) is 4.60. The van der Waals surface area contributed by atoms with Crippen LogP contribution in [0.4, 0.5) is 0 Å². The molecule has 0 atom stereocenters. The maximum absolute atomic E-state index is 12.5. The molecule has 2 N–H and O–H groups in total. The van der Waals surface area contributed by atoms with Gasteiger partial charge in [0.2, 0.25) is 5.91 Å². The van der Waals surface area contributed by atoms with E-state index in [9.17, 15) is 14.4 Å². The van der Waals surface area contributed by atoms with Gasteiger partial charge in [0, 0.05) is 24.8 Å². The van der Waals surface area contributed by atoms with Gasteiger partial charge in [-0.3, -0.25) is 14.6 Å². The average molecular weight is 345 g/mol. The molecule has 0 saturated heterocycles. The largest absolute Gasteiger partial charge is 0.493 e. The number of carbonyl (C=O) groups is 1. The van der Waals surface area contributed by atoms with E-state index in [4.69, 9.17) is 9.47 Å². The molecule has 3 rings (SSSR count). The SMILES string of the molecule is COc1cc2c(cc1OC)CN(C(=O)Cc1cc(=O)[nH]c(=O)[nH]1)CC2. The van der Waals surface area contributed by atoms with Crippen LogP contribution in [-0.4, -0.2) is 41.5 Å². The molecule has 8 heteroatoms. The summed E-state index contributed by atoms with van der Waals surface area (Å²) in [4.78, 5) is 41.4. The minimum absolute atomic E-state index is 0.0260. The topological polar surface area (TPSA) is 104 Å². The lowest BCUT2D eigenvalue weighted by molar-refractivity contribution is -0.131. The highest BCUT2D eigenvalue weighted by molar-refractivity contribution is 5.78. The smallest absolute Gasteiger partial charge is 0.325 e. The fraction of sp³-hybridized carbons (Fsp3) is 0.353. The summed E-state index contributed by atoms with van der Waals surface area (Å²) in [6.07, 6.45) is 0.676. The molecular formula is C17H19N3O5. The van der Waals surface area contributed by atoms with Crippen molar-refractivity contribution >= 4 is 5.91 Å². The molecule has 1 aromatic heterocycles. The van der Waals surface area contributed by atoms with Gasteiger partial charge in [0.1, 0.15) is 0 Å². The summed E-state index contributed by atoms with van der Waals surface area (Å²) >= 11 is 0. The lowest BCUT2D eigenvalue weighted by atomic mass is 9.98. The van der Waals surface area contributed by atoms with Crippen molar-refractivity contribution in [1.82, 2.24) is 14.9 Å². The lowest BCUT2D eigenvalue weighted by Gasteiger charge is -2.29. The first kappa shape index (κ1) is 16.8. The first-order chi connectivity index (χ1) is 12.0. The third kappa shape index (κ3) is 3.57. The van der Waals surface area contributed by atoms with E-state index in [1.807, 2.05) is 12.1 Å². The van der Waals surface area contributed by atoms with Crippen molar-refractivity contribution in [3.63, 3.8) is 0 Å². The third-order valence-electron chi connectivity index (χ3n) is 4.23. The van der Waals surface area contributed by atoms with Crippen LogP contribution in [-0.2, 0) is 24.2 Å². The minimum atomic E-state index is -0.615. The molecule has 0 bridgehead atoms. The molecule has 0 aliphatic carbocycles. The maximum Gasteiger partial charge on any atom is 0.325 e. The number of carbonyl (C=O) groups excluding carboxylic acids is 1. The van der Waals surface area contributed by atoms with E-state index in [0.29, 0.717) is 36.7 Å². The molecule has 0 saturated carbocycles. The Bertz CT molecular complexity index is 887. The zero-order chi connectivity index (χ0) is 18.0. The summed E-state index contributed by atoms with van der Waals surface area (Å²) in [5.41, 5.74) is 1.28. The van der Waals surface area contributed by atoms with Gasteiger partial charge in [-0.15, -0.1) is 0 Å². The van der Waals surface area contributed by atoms with Crippen molar-refractivity contribution in [2.75, 3.05) is 20.8 Å². The molecular weight excluding hydrogens is 326 g/mol. The number of nitrogens with zero attached hydrogens (tertiary/aromatic N) is 1. The fourth-order valence-corrected chi connectivity index (χ4v) is 2.99. The molecule has 2 heterocycles. The standard InChI is InChI=1S/C17H19N3O5/c1-24-13-5-10-3-4-20(9-11(10)6-14(13)25-2)16(22)8-12-7-15(21)19-17(23)18-12/h5-7H,3-4,8-9H2,1-2H3,(H2,18,19,21,23). The van der Waals surface area contributed by atoms with E-state index in [1.165, 1.54) is 6.07 Å². The summed E-state index contributed by atoms with van der Waals surface area (Å²) in [5, 5.41) is 0. The number of ether oxygens (including phenoxy) is 2. The van der Waals surface area contributed by atoms with Crippen LogP contribution < -0.4 is 20.7 Å². The first-order valence-electron chi connectivity index (χ1n) is 7.84. The number of fused-ring (bicyclic) bond motifs is 1. The number of hydrogen-bond donors (Lipinski definition) is 2. The molecule has 0 unspecified atom stereocenters. The Hall–Kier alpha value is -3.03. The van der Waals surface area contributed by atoms with Crippen LogP contribution in [0.15, 0.2) is 27.8 Å². The Morgan fingerprint density at radius 3 is 2.40 bits per heavy atom. The Labute approximate surface area is 143 Å². The molecule has 0 fully saturated rings. The van der Waals surface area contributed by atoms with E-state index in [0.717, 1.165) is 11.1 Å². The predicted molar refractivity (Wildman–Crippen MR) is 90.1 cm³/mol.